The zero-order chi connectivity index (χ0) is 17.1. The van der Waals surface area contributed by atoms with E-state index >= 15 is 0 Å². The van der Waals surface area contributed by atoms with Gasteiger partial charge < -0.3 is 14.8 Å². The molecule has 134 valence electrons. The zero-order valence-corrected chi connectivity index (χ0v) is 13.8. The molecule has 0 bridgehead atoms. The minimum absolute atomic E-state index is 0.0136. The molecule has 2 aliphatic rings. The number of ether oxygens (including phenoxy) is 2. The van der Waals surface area contributed by atoms with E-state index in [1.54, 1.807) is 13.0 Å². The largest absolute Gasteiger partial charge is 0.381 e. The first kappa shape index (κ1) is 17.4. The fourth-order valence-electron chi connectivity index (χ4n) is 3.78. The molecule has 0 spiro atoms. The van der Waals surface area contributed by atoms with Crippen molar-refractivity contribution in [2.24, 2.45) is 11.8 Å². The van der Waals surface area contributed by atoms with Crippen LogP contribution in [0.25, 0.3) is 0 Å². The standard InChI is InChI=1S/C17H24F2N2O3/c1-11-2-3-15(21(11)17(18)19)16(22)20-14-6-9-24-10-13(14)12-4-7-23-8-5-12/h2-3,12-14,17H,4-10H2,1H3,(H,20,22)/t13-,14-/m1/s1. The summed E-state index contributed by atoms with van der Waals surface area (Å²) in [4.78, 5) is 12.5. The maximum Gasteiger partial charge on any atom is 0.319 e. The fourth-order valence-corrected chi connectivity index (χ4v) is 3.78. The van der Waals surface area contributed by atoms with Crippen LogP contribution in [0.15, 0.2) is 12.1 Å². The SMILES string of the molecule is Cc1ccc(C(=O)N[C@@H]2CCOC[C@@H]2C2CCOCC2)n1C(F)F. The highest BCUT2D eigenvalue weighted by Crippen LogP contribution is 2.30. The van der Waals surface area contributed by atoms with Crippen molar-refractivity contribution in [3.63, 3.8) is 0 Å². The van der Waals surface area contributed by atoms with Crippen LogP contribution >= 0.6 is 0 Å². The number of aromatic nitrogens is 1. The van der Waals surface area contributed by atoms with Gasteiger partial charge in [0.25, 0.3) is 5.91 Å². The van der Waals surface area contributed by atoms with Crippen LogP contribution in [-0.2, 0) is 9.47 Å². The zero-order valence-electron chi connectivity index (χ0n) is 13.8. The van der Waals surface area contributed by atoms with Crippen molar-refractivity contribution in [2.75, 3.05) is 26.4 Å². The number of rotatable bonds is 4. The van der Waals surface area contributed by atoms with E-state index in [0.29, 0.717) is 31.2 Å². The van der Waals surface area contributed by atoms with Crippen LogP contribution in [0.2, 0.25) is 0 Å². The lowest BCUT2D eigenvalue weighted by atomic mass is 9.79. The molecule has 3 rings (SSSR count). The van der Waals surface area contributed by atoms with Gasteiger partial charge in [-0.2, -0.15) is 8.78 Å². The lowest BCUT2D eigenvalue weighted by Crippen LogP contribution is -2.49. The summed E-state index contributed by atoms with van der Waals surface area (Å²) in [7, 11) is 0. The van der Waals surface area contributed by atoms with Crippen LogP contribution in [0.1, 0.15) is 42.0 Å². The summed E-state index contributed by atoms with van der Waals surface area (Å²) >= 11 is 0. The summed E-state index contributed by atoms with van der Waals surface area (Å²) in [6.45, 7) is 1.50. The Morgan fingerprint density at radius 3 is 2.62 bits per heavy atom. The van der Waals surface area contributed by atoms with Crippen molar-refractivity contribution < 1.29 is 23.0 Å². The fraction of sp³-hybridized carbons (Fsp3) is 0.706. The third-order valence-electron chi connectivity index (χ3n) is 5.14. The van der Waals surface area contributed by atoms with Gasteiger partial charge in [0.05, 0.1) is 6.61 Å². The smallest absolute Gasteiger partial charge is 0.319 e. The first-order valence-electron chi connectivity index (χ1n) is 8.50. The van der Waals surface area contributed by atoms with Crippen LogP contribution < -0.4 is 5.32 Å². The van der Waals surface area contributed by atoms with E-state index in [0.717, 1.165) is 30.6 Å². The van der Waals surface area contributed by atoms with E-state index in [9.17, 15) is 13.6 Å². The van der Waals surface area contributed by atoms with Crippen molar-refractivity contribution >= 4 is 5.91 Å². The molecule has 2 saturated heterocycles. The Morgan fingerprint density at radius 2 is 1.92 bits per heavy atom. The average Bonchev–Trinajstić information content (AvgIpc) is 2.98. The van der Waals surface area contributed by atoms with Crippen LogP contribution in [0.4, 0.5) is 8.78 Å². The van der Waals surface area contributed by atoms with Crippen LogP contribution in [0, 0.1) is 18.8 Å². The second-order valence-electron chi connectivity index (χ2n) is 6.56. The summed E-state index contributed by atoms with van der Waals surface area (Å²) in [6.07, 6.45) is 2.61. The number of amides is 1. The van der Waals surface area contributed by atoms with Crippen molar-refractivity contribution in [3.05, 3.63) is 23.5 Å². The van der Waals surface area contributed by atoms with Gasteiger partial charge in [-0.1, -0.05) is 0 Å². The maximum atomic E-state index is 13.2. The first-order valence-corrected chi connectivity index (χ1v) is 8.50. The highest BCUT2D eigenvalue weighted by molar-refractivity contribution is 5.93. The number of nitrogens with one attached hydrogen (secondary N) is 1. The molecule has 0 aromatic carbocycles. The van der Waals surface area contributed by atoms with E-state index in [1.165, 1.54) is 6.07 Å². The monoisotopic (exact) mass is 342 g/mol. The molecule has 1 aromatic heterocycles. The van der Waals surface area contributed by atoms with E-state index < -0.39 is 12.5 Å². The number of carbonyl (C=O) groups is 1. The molecule has 7 heteroatoms. The quantitative estimate of drug-likeness (QED) is 0.915. The van der Waals surface area contributed by atoms with Gasteiger partial charge >= 0.3 is 6.55 Å². The Kier molecular flexibility index (Phi) is 5.50. The first-order chi connectivity index (χ1) is 11.6. The maximum absolute atomic E-state index is 13.2. The Balaban J connectivity index is 1.72. The Labute approximate surface area is 140 Å². The highest BCUT2D eigenvalue weighted by Gasteiger charge is 2.35. The van der Waals surface area contributed by atoms with Gasteiger partial charge in [-0.3, -0.25) is 9.36 Å². The minimum atomic E-state index is -2.72. The van der Waals surface area contributed by atoms with Gasteiger partial charge in [-0.05, 0) is 44.2 Å². The minimum Gasteiger partial charge on any atom is -0.381 e. The summed E-state index contributed by atoms with van der Waals surface area (Å²) in [6, 6.07) is 2.95. The molecule has 1 amide bonds. The Bertz CT molecular complexity index is 570. The third kappa shape index (κ3) is 3.62. The van der Waals surface area contributed by atoms with Crippen molar-refractivity contribution in [1.82, 2.24) is 9.88 Å². The van der Waals surface area contributed by atoms with Gasteiger partial charge in [0, 0.05) is 37.5 Å². The van der Waals surface area contributed by atoms with Gasteiger partial charge in [-0.25, -0.2) is 0 Å². The van der Waals surface area contributed by atoms with Gasteiger partial charge in [0.15, 0.2) is 0 Å². The molecule has 3 heterocycles. The molecule has 0 saturated carbocycles. The number of alkyl halides is 2. The third-order valence-corrected chi connectivity index (χ3v) is 5.14. The molecule has 0 radical (unpaired) electrons. The van der Waals surface area contributed by atoms with E-state index in [2.05, 4.69) is 5.32 Å². The predicted octanol–water partition coefficient (Wildman–Crippen LogP) is 2.75. The molecule has 0 aliphatic carbocycles. The number of aryl methyl sites for hydroxylation is 1. The normalized spacial score (nSPS) is 25.8. The molecule has 5 nitrogen and oxygen atoms in total. The Hall–Kier alpha value is -1.47. The van der Waals surface area contributed by atoms with E-state index in [-0.39, 0.29) is 17.7 Å². The number of carbonyl (C=O) groups excluding carboxylic acids is 1. The summed E-state index contributed by atoms with van der Waals surface area (Å²) < 4.78 is 38.1. The number of nitrogens with zero attached hydrogens (tertiary/aromatic N) is 1. The molecule has 24 heavy (non-hydrogen) atoms. The molecular weight excluding hydrogens is 318 g/mol. The lowest BCUT2D eigenvalue weighted by molar-refractivity contribution is -0.0261. The van der Waals surface area contributed by atoms with Crippen molar-refractivity contribution in [1.29, 1.82) is 0 Å². The number of halogens is 2. The highest BCUT2D eigenvalue weighted by atomic mass is 19.3. The second-order valence-corrected chi connectivity index (χ2v) is 6.56. The number of hydrogen-bond acceptors (Lipinski definition) is 3. The molecular formula is C17H24F2N2O3. The number of hydrogen-bond donors (Lipinski definition) is 1. The van der Waals surface area contributed by atoms with Crippen LogP contribution in [-0.4, -0.2) is 42.9 Å². The van der Waals surface area contributed by atoms with Crippen molar-refractivity contribution in [3.8, 4) is 0 Å². The summed E-state index contributed by atoms with van der Waals surface area (Å²) in [5.74, 6) is 0.211. The van der Waals surface area contributed by atoms with Gasteiger partial charge in [0.2, 0.25) is 0 Å². The Morgan fingerprint density at radius 1 is 1.21 bits per heavy atom. The predicted molar refractivity (Wildman–Crippen MR) is 84.1 cm³/mol. The van der Waals surface area contributed by atoms with E-state index in [4.69, 9.17) is 9.47 Å². The topological polar surface area (TPSA) is 52.5 Å². The van der Waals surface area contributed by atoms with E-state index in [1.807, 2.05) is 0 Å². The molecule has 0 unspecified atom stereocenters. The second kappa shape index (κ2) is 7.61. The average molecular weight is 342 g/mol. The van der Waals surface area contributed by atoms with Gasteiger partial charge in [-0.15, -0.1) is 0 Å². The lowest BCUT2D eigenvalue weighted by Gasteiger charge is -2.39. The summed E-state index contributed by atoms with van der Waals surface area (Å²) in [5, 5.41) is 2.98. The van der Waals surface area contributed by atoms with Crippen LogP contribution in [0.3, 0.4) is 0 Å². The molecule has 1 N–H and O–H groups in total. The molecule has 2 aliphatic heterocycles. The molecule has 1 aromatic rings. The van der Waals surface area contributed by atoms with Gasteiger partial charge in [0.1, 0.15) is 5.69 Å². The van der Waals surface area contributed by atoms with Crippen molar-refractivity contribution in [2.45, 2.75) is 38.8 Å². The van der Waals surface area contributed by atoms with Crippen LogP contribution in [0.5, 0.6) is 0 Å². The summed E-state index contributed by atoms with van der Waals surface area (Å²) in [5.41, 5.74) is 0.392. The molecule has 2 atom stereocenters. The molecule has 2 fully saturated rings.